The van der Waals surface area contributed by atoms with Gasteiger partial charge in [-0.1, -0.05) is 0 Å². The van der Waals surface area contributed by atoms with Crippen LogP contribution < -0.4 is 5.14 Å². The minimum absolute atomic E-state index is 0.141. The average molecular weight is 322 g/mol. The third-order valence-corrected chi connectivity index (χ3v) is 3.73. The van der Waals surface area contributed by atoms with Crippen molar-refractivity contribution >= 4 is 43.5 Å². The number of hydrogen-bond donors (Lipinski definition) is 2. The number of fused-ring (bicyclic) bond motifs is 1. The minimum atomic E-state index is -3.61. The number of nitrogens with two attached hydrogens (primary N) is 1. The van der Waals surface area contributed by atoms with E-state index in [0.29, 0.717) is 0 Å². The van der Waals surface area contributed by atoms with Gasteiger partial charge < -0.3 is 4.98 Å². The molecule has 0 spiro atoms. The summed E-state index contributed by atoms with van der Waals surface area (Å²) < 4.78 is 23.1. The molecule has 0 unspecified atom stereocenters. The van der Waals surface area contributed by atoms with Gasteiger partial charge in [0.05, 0.1) is 4.90 Å². The number of rotatable bonds is 1. The average Bonchev–Trinajstić information content (AvgIpc) is 2.46. The van der Waals surface area contributed by atoms with Gasteiger partial charge in [0.1, 0.15) is 0 Å². The monoisotopic (exact) mass is 322 g/mol. The lowest BCUT2D eigenvalue weighted by molar-refractivity contribution is 0.598. The minimum Gasteiger partial charge on any atom is -0.360 e. The van der Waals surface area contributed by atoms with Gasteiger partial charge >= 0.3 is 0 Å². The van der Waals surface area contributed by atoms with Crippen molar-refractivity contribution < 1.29 is 8.42 Å². The molecule has 1 aromatic heterocycles. The van der Waals surface area contributed by atoms with Gasteiger partial charge in [-0.25, -0.2) is 13.6 Å². The van der Waals surface area contributed by atoms with Crippen LogP contribution in [0.2, 0.25) is 0 Å². The van der Waals surface area contributed by atoms with Crippen molar-refractivity contribution in [3.8, 4) is 0 Å². The first-order valence-electron chi connectivity index (χ1n) is 3.78. The van der Waals surface area contributed by atoms with Gasteiger partial charge in [-0.15, -0.1) is 0 Å². The SMILES string of the molecule is NS(=O)(=O)c1ccc2[nH]cc(I)c2c1. The summed E-state index contributed by atoms with van der Waals surface area (Å²) in [5.74, 6) is 0. The lowest BCUT2D eigenvalue weighted by Crippen LogP contribution is -2.11. The highest BCUT2D eigenvalue weighted by atomic mass is 127. The zero-order valence-electron chi connectivity index (χ0n) is 6.99. The molecule has 1 heterocycles. The first kappa shape index (κ1) is 9.94. The molecule has 14 heavy (non-hydrogen) atoms. The molecule has 0 radical (unpaired) electrons. The maximum atomic E-state index is 11.1. The van der Waals surface area contributed by atoms with E-state index in [9.17, 15) is 8.42 Å². The van der Waals surface area contributed by atoms with E-state index in [1.54, 1.807) is 12.1 Å². The zero-order chi connectivity index (χ0) is 10.3. The van der Waals surface area contributed by atoms with Crippen LogP contribution in [0.1, 0.15) is 0 Å². The number of sulfonamides is 1. The van der Waals surface area contributed by atoms with Crippen molar-refractivity contribution in [2.24, 2.45) is 5.14 Å². The number of benzene rings is 1. The van der Waals surface area contributed by atoms with Gasteiger partial charge in [0.15, 0.2) is 0 Å². The van der Waals surface area contributed by atoms with Crippen LogP contribution in [0.4, 0.5) is 0 Å². The lowest BCUT2D eigenvalue weighted by Gasteiger charge is -1.97. The van der Waals surface area contributed by atoms with Gasteiger partial charge in [0, 0.05) is 20.7 Å². The van der Waals surface area contributed by atoms with E-state index in [1.807, 2.05) is 6.20 Å². The van der Waals surface area contributed by atoms with Crippen molar-refractivity contribution in [2.45, 2.75) is 4.90 Å². The van der Waals surface area contributed by atoms with Gasteiger partial charge in [0.25, 0.3) is 0 Å². The smallest absolute Gasteiger partial charge is 0.238 e. The number of hydrogen-bond acceptors (Lipinski definition) is 2. The molecule has 1 aromatic carbocycles. The number of aromatic amines is 1. The summed E-state index contributed by atoms with van der Waals surface area (Å²) in [6.45, 7) is 0. The quantitative estimate of drug-likeness (QED) is 0.779. The van der Waals surface area contributed by atoms with E-state index in [-0.39, 0.29) is 4.90 Å². The highest BCUT2D eigenvalue weighted by molar-refractivity contribution is 14.1. The van der Waals surface area contributed by atoms with E-state index in [2.05, 4.69) is 27.6 Å². The van der Waals surface area contributed by atoms with Crippen LogP contribution in [0.3, 0.4) is 0 Å². The summed E-state index contributed by atoms with van der Waals surface area (Å²) in [6, 6.07) is 4.77. The Balaban J connectivity index is 2.79. The molecule has 4 nitrogen and oxygen atoms in total. The summed E-state index contributed by atoms with van der Waals surface area (Å²) >= 11 is 2.13. The molecule has 6 heteroatoms. The maximum Gasteiger partial charge on any atom is 0.238 e. The van der Waals surface area contributed by atoms with Gasteiger partial charge in [-0.05, 0) is 40.8 Å². The second-order valence-electron chi connectivity index (χ2n) is 2.89. The van der Waals surface area contributed by atoms with Crippen LogP contribution in [-0.2, 0) is 10.0 Å². The van der Waals surface area contributed by atoms with Gasteiger partial charge in [-0.2, -0.15) is 0 Å². The van der Waals surface area contributed by atoms with Crippen LogP contribution in [0, 0.1) is 3.57 Å². The number of nitrogens with one attached hydrogen (secondary N) is 1. The third kappa shape index (κ3) is 1.64. The summed E-state index contributed by atoms with van der Waals surface area (Å²) in [5.41, 5.74) is 0.904. The number of halogens is 1. The molecule has 0 aliphatic heterocycles. The van der Waals surface area contributed by atoms with Gasteiger partial charge in [0.2, 0.25) is 10.0 Å². The van der Waals surface area contributed by atoms with Crippen LogP contribution >= 0.6 is 22.6 Å². The molecule has 0 aliphatic carbocycles. The molecule has 0 bridgehead atoms. The molecule has 0 fully saturated rings. The third-order valence-electron chi connectivity index (χ3n) is 1.93. The first-order chi connectivity index (χ1) is 6.48. The molecule has 0 saturated heterocycles. The van der Waals surface area contributed by atoms with Crippen LogP contribution in [0.25, 0.3) is 10.9 Å². The molecular weight excluding hydrogens is 315 g/mol. The molecule has 2 aromatic rings. The Kier molecular flexibility index (Phi) is 2.28. The van der Waals surface area contributed by atoms with Crippen molar-refractivity contribution in [2.75, 3.05) is 0 Å². The van der Waals surface area contributed by atoms with E-state index < -0.39 is 10.0 Å². The second kappa shape index (κ2) is 3.21. The highest BCUT2D eigenvalue weighted by Gasteiger charge is 2.09. The topological polar surface area (TPSA) is 76.0 Å². The summed E-state index contributed by atoms with van der Waals surface area (Å²) in [4.78, 5) is 3.16. The van der Waals surface area contributed by atoms with Crippen LogP contribution in [0.15, 0.2) is 29.3 Å². The number of aromatic nitrogens is 1. The van der Waals surface area contributed by atoms with Gasteiger partial charge in [-0.3, -0.25) is 0 Å². The molecule has 3 N–H and O–H groups in total. The largest absolute Gasteiger partial charge is 0.360 e. The standard InChI is InChI=1S/C8H7IN2O2S/c9-7-4-11-8-2-1-5(3-6(7)8)14(10,12)13/h1-4,11H,(H2,10,12,13). The Hall–Kier alpha value is -0.600. The highest BCUT2D eigenvalue weighted by Crippen LogP contribution is 2.22. The van der Waals surface area contributed by atoms with Crippen LogP contribution in [-0.4, -0.2) is 13.4 Å². The fraction of sp³-hybridized carbons (Fsp3) is 0. The molecule has 0 aliphatic rings. The fourth-order valence-electron chi connectivity index (χ4n) is 1.24. The maximum absolute atomic E-state index is 11.1. The Morgan fingerprint density at radius 2 is 2.07 bits per heavy atom. The van der Waals surface area contributed by atoms with Crippen molar-refractivity contribution in [1.82, 2.24) is 4.98 Å². The molecule has 2 rings (SSSR count). The van der Waals surface area contributed by atoms with Crippen LogP contribution in [0.5, 0.6) is 0 Å². The van der Waals surface area contributed by atoms with E-state index in [1.165, 1.54) is 6.07 Å². The predicted octanol–water partition coefficient (Wildman–Crippen LogP) is 1.42. The fourth-order valence-corrected chi connectivity index (χ4v) is 2.38. The van der Waals surface area contributed by atoms with E-state index >= 15 is 0 Å². The molecule has 0 saturated carbocycles. The summed E-state index contributed by atoms with van der Waals surface area (Å²) in [7, 11) is -3.61. The van der Waals surface area contributed by atoms with E-state index in [0.717, 1.165) is 14.5 Å². The molecule has 0 atom stereocenters. The number of H-pyrrole nitrogens is 1. The second-order valence-corrected chi connectivity index (χ2v) is 5.61. The Labute approximate surface area is 94.7 Å². The summed E-state index contributed by atoms with van der Waals surface area (Å²) in [5, 5.41) is 5.90. The molecule has 74 valence electrons. The molecule has 0 amide bonds. The Bertz CT molecular complexity index is 588. The van der Waals surface area contributed by atoms with E-state index in [4.69, 9.17) is 5.14 Å². The predicted molar refractivity (Wildman–Crippen MR) is 62.4 cm³/mol. The van der Waals surface area contributed by atoms with Crippen molar-refractivity contribution in [3.05, 3.63) is 28.0 Å². The lowest BCUT2D eigenvalue weighted by atomic mass is 10.2. The Morgan fingerprint density at radius 3 is 2.71 bits per heavy atom. The first-order valence-corrected chi connectivity index (χ1v) is 6.40. The number of primary sulfonamides is 1. The van der Waals surface area contributed by atoms with Crippen molar-refractivity contribution in [3.63, 3.8) is 0 Å². The van der Waals surface area contributed by atoms with Crippen molar-refractivity contribution in [1.29, 1.82) is 0 Å². The molecular formula is C8H7IN2O2S. The summed E-state index contributed by atoms with van der Waals surface area (Å²) in [6.07, 6.45) is 1.82. The zero-order valence-corrected chi connectivity index (χ0v) is 9.96. The normalized spacial score (nSPS) is 12.1. The Morgan fingerprint density at radius 1 is 1.36 bits per heavy atom.